The molecule has 6 aliphatic carbocycles. The van der Waals surface area contributed by atoms with E-state index in [2.05, 4.69) is 288 Å². The highest BCUT2D eigenvalue weighted by Gasteiger charge is 2.47. The fraction of sp³-hybridized carbons (Fsp3) is 0.200. The molecule has 0 N–H and O–H groups in total. The lowest BCUT2D eigenvalue weighted by Crippen LogP contribution is -2.19. The van der Waals surface area contributed by atoms with Gasteiger partial charge in [0.05, 0.1) is 0 Å². The van der Waals surface area contributed by atoms with Crippen molar-refractivity contribution in [1.82, 2.24) is 0 Å². The molecule has 93 heavy (non-hydrogen) atoms. The average molecular weight is 1200 g/mol. The first-order chi connectivity index (χ1) is 44.7. The molecule has 0 unspecified atom stereocenters. The molecular formula is C90H71NO2. The van der Waals surface area contributed by atoms with Crippen molar-refractivity contribution < 1.29 is 8.83 Å². The first-order valence-corrected chi connectivity index (χ1v) is 33.6. The summed E-state index contributed by atoms with van der Waals surface area (Å²) in [6.07, 6.45) is 0.988. The van der Waals surface area contributed by atoms with Crippen molar-refractivity contribution in [3.63, 3.8) is 0 Å². The van der Waals surface area contributed by atoms with Crippen LogP contribution in [-0.4, -0.2) is 0 Å². The van der Waals surface area contributed by atoms with E-state index in [9.17, 15) is 0 Å². The van der Waals surface area contributed by atoms with E-state index >= 15 is 0 Å². The number of anilines is 3. The van der Waals surface area contributed by atoms with E-state index in [4.69, 9.17) is 8.83 Å². The summed E-state index contributed by atoms with van der Waals surface area (Å²) in [5.74, 6) is 0. The summed E-state index contributed by atoms with van der Waals surface area (Å²) in [7, 11) is 0. The Labute approximate surface area is 544 Å². The zero-order valence-electron chi connectivity index (χ0n) is 55.0. The van der Waals surface area contributed by atoms with Crippen LogP contribution in [0.15, 0.2) is 209 Å². The fourth-order valence-corrected chi connectivity index (χ4v) is 19.2. The average Bonchev–Trinajstić information content (AvgIpc) is 1.55. The summed E-state index contributed by atoms with van der Waals surface area (Å²) in [6, 6.07) is 77.5. The summed E-state index contributed by atoms with van der Waals surface area (Å²) in [5.41, 5.74) is 43.5. The summed E-state index contributed by atoms with van der Waals surface area (Å²) < 4.78 is 13.6. The molecule has 3 nitrogen and oxygen atoms in total. The van der Waals surface area contributed by atoms with Crippen molar-refractivity contribution >= 4 is 60.9 Å². The molecule has 448 valence electrons. The number of benzene rings is 12. The van der Waals surface area contributed by atoms with Gasteiger partial charge in [0.25, 0.3) is 0 Å². The topological polar surface area (TPSA) is 29.5 Å². The van der Waals surface area contributed by atoms with Crippen molar-refractivity contribution in [1.29, 1.82) is 0 Å². The van der Waals surface area contributed by atoms with Crippen LogP contribution in [0.4, 0.5) is 17.1 Å². The van der Waals surface area contributed by atoms with Crippen LogP contribution >= 0.6 is 0 Å². The highest BCUT2D eigenvalue weighted by Crippen LogP contribution is 2.63. The number of furan rings is 2. The van der Waals surface area contributed by atoms with Crippen molar-refractivity contribution in [2.24, 2.45) is 0 Å². The third kappa shape index (κ3) is 6.65. The number of hydrogen-bond acceptors (Lipinski definition) is 3. The molecule has 0 aliphatic heterocycles. The van der Waals surface area contributed by atoms with Crippen LogP contribution < -0.4 is 4.90 Å². The van der Waals surface area contributed by atoms with Crippen molar-refractivity contribution in [2.45, 2.75) is 117 Å². The molecular weight excluding hydrogens is 1130 g/mol. The Morgan fingerprint density at radius 2 is 0.753 bits per heavy atom. The predicted molar refractivity (Wildman–Crippen MR) is 387 cm³/mol. The first kappa shape index (κ1) is 53.7. The Bertz CT molecular complexity index is 5840. The van der Waals surface area contributed by atoms with Gasteiger partial charge in [0.1, 0.15) is 22.3 Å². The normalized spacial score (nSPS) is 16.6. The molecule has 12 aromatic carbocycles. The smallest absolute Gasteiger partial charge is 0.143 e. The number of fused-ring (bicyclic) bond motifs is 27. The van der Waals surface area contributed by atoms with Gasteiger partial charge in [-0.3, -0.25) is 0 Å². The third-order valence-corrected chi connectivity index (χ3v) is 24.0. The Morgan fingerprint density at radius 3 is 1.40 bits per heavy atom. The van der Waals surface area contributed by atoms with Gasteiger partial charge >= 0.3 is 0 Å². The molecule has 0 saturated carbocycles. The maximum atomic E-state index is 7.01. The minimum Gasteiger partial charge on any atom is -0.456 e. The molecule has 0 bridgehead atoms. The summed E-state index contributed by atoms with van der Waals surface area (Å²) in [4.78, 5) is 2.59. The first-order valence-electron chi connectivity index (χ1n) is 33.6. The Balaban J connectivity index is 0.772. The molecule has 20 rings (SSSR count). The molecule has 2 heterocycles. The molecule has 0 fully saturated rings. The van der Waals surface area contributed by atoms with E-state index in [1.807, 2.05) is 0 Å². The van der Waals surface area contributed by atoms with E-state index in [-0.39, 0.29) is 27.1 Å². The molecule has 6 aliphatic rings. The predicted octanol–water partition coefficient (Wildman–Crippen LogP) is 24.3. The van der Waals surface area contributed by atoms with Crippen LogP contribution in [0.1, 0.15) is 147 Å². The van der Waals surface area contributed by atoms with E-state index in [0.717, 1.165) is 56.8 Å². The van der Waals surface area contributed by atoms with E-state index in [0.29, 0.717) is 0 Å². The van der Waals surface area contributed by atoms with E-state index in [1.165, 1.54) is 166 Å². The number of aryl methyl sites for hydroxylation is 2. The van der Waals surface area contributed by atoms with Crippen molar-refractivity contribution in [3.8, 4) is 77.9 Å². The second-order valence-electron chi connectivity index (χ2n) is 30.8. The molecule has 0 radical (unpaired) electrons. The molecule has 0 atom stereocenters. The standard InChI is InChI=1S/C90H71NO2/c1-47-25-30-54(48(2)37-47)63-44-75-80(84-60-22-16-18-24-77(60)93-85(63)84)58-33-29-53(41-70(58)90(75,11)12)91(51-27-31-56-61-42-73-64(45-71(61)88(7,8)68(56)39-51)81-66(86(73,3)4)34-26-50-38-49-19-13-14-20-55(49)79(50)81)52-28-32-57-62-43-74-65(46-72(62)89(9,10)69(57)40-52)82-67(87(74,5)6)35-36-78-83(82)59-21-15-17-23-76(59)92-78/h13-37,39-46H,38H2,1-12H3. The van der Waals surface area contributed by atoms with Gasteiger partial charge < -0.3 is 13.7 Å². The minimum atomic E-state index is -0.356. The maximum absolute atomic E-state index is 7.01. The van der Waals surface area contributed by atoms with E-state index < -0.39 is 0 Å². The Kier molecular flexibility index (Phi) is 10.0. The van der Waals surface area contributed by atoms with Gasteiger partial charge in [0.2, 0.25) is 0 Å². The molecule has 0 amide bonds. The largest absolute Gasteiger partial charge is 0.456 e. The minimum absolute atomic E-state index is 0.155. The number of para-hydroxylation sites is 2. The van der Waals surface area contributed by atoms with Gasteiger partial charge in [-0.25, -0.2) is 0 Å². The second-order valence-corrected chi connectivity index (χ2v) is 30.8. The zero-order valence-corrected chi connectivity index (χ0v) is 55.0. The molecule has 2 aromatic heterocycles. The zero-order chi connectivity index (χ0) is 63.0. The SMILES string of the molecule is Cc1ccc(-c2cc3c(c4c2oc2ccccc24)-c2ccc(N(c4ccc5c(c4)C(C)(C)c4cc6c(cc4-5)C(C)(C)c4ccc5c(c4-6)-c4ccccc4C5)c4ccc5c(c4)C(C)(C)c4cc6c(cc4-5)C(C)(C)c4ccc5oc7ccccc7c5c4-6)cc2C3(C)C)c(C)c1. The molecule has 0 saturated heterocycles. The highest BCUT2D eigenvalue weighted by atomic mass is 16.3. The van der Waals surface area contributed by atoms with Gasteiger partial charge in [-0.2, -0.15) is 0 Å². The van der Waals surface area contributed by atoms with Gasteiger partial charge in [0, 0.05) is 71.2 Å². The van der Waals surface area contributed by atoms with Gasteiger partial charge in [0.15, 0.2) is 0 Å². The van der Waals surface area contributed by atoms with Crippen LogP contribution in [0, 0.1) is 13.8 Å². The van der Waals surface area contributed by atoms with Crippen LogP contribution in [0.5, 0.6) is 0 Å². The number of hydrogen-bond donors (Lipinski definition) is 0. The monoisotopic (exact) mass is 1200 g/mol. The highest BCUT2D eigenvalue weighted by molar-refractivity contribution is 6.19. The van der Waals surface area contributed by atoms with Gasteiger partial charge in [-0.1, -0.05) is 190 Å². The quantitative estimate of drug-likeness (QED) is 0.176. The molecule has 3 heteroatoms. The summed E-state index contributed by atoms with van der Waals surface area (Å²) in [6.45, 7) is 28.9. The Hall–Kier alpha value is -9.96. The fourth-order valence-electron chi connectivity index (χ4n) is 19.2. The van der Waals surface area contributed by atoms with Crippen LogP contribution in [0.2, 0.25) is 0 Å². The van der Waals surface area contributed by atoms with Gasteiger partial charge in [-0.15, -0.1) is 0 Å². The van der Waals surface area contributed by atoms with Gasteiger partial charge in [-0.05, 0) is 250 Å². The Morgan fingerprint density at radius 1 is 0.290 bits per heavy atom. The lowest BCUT2D eigenvalue weighted by atomic mass is 9.79. The maximum Gasteiger partial charge on any atom is 0.143 e. The molecule has 0 spiro atoms. The lowest BCUT2D eigenvalue weighted by molar-refractivity contribution is 0.650. The van der Waals surface area contributed by atoms with Crippen LogP contribution in [0.3, 0.4) is 0 Å². The number of rotatable bonds is 4. The van der Waals surface area contributed by atoms with Crippen LogP contribution in [0.25, 0.3) is 122 Å². The van der Waals surface area contributed by atoms with Crippen molar-refractivity contribution in [2.75, 3.05) is 4.90 Å². The van der Waals surface area contributed by atoms with Crippen LogP contribution in [-0.2, 0) is 33.5 Å². The lowest BCUT2D eigenvalue weighted by Gasteiger charge is -2.31. The third-order valence-electron chi connectivity index (χ3n) is 24.0. The summed E-state index contributed by atoms with van der Waals surface area (Å²) in [5, 5.41) is 4.75. The summed E-state index contributed by atoms with van der Waals surface area (Å²) >= 11 is 0. The van der Waals surface area contributed by atoms with Crippen molar-refractivity contribution in [3.05, 3.63) is 278 Å². The molecule has 14 aromatic rings. The van der Waals surface area contributed by atoms with E-state index in [1.54, 1.807) is 0 Å². The second kappa shape index (κ2) is 17.4. The number of nitrogens with zero attached hydrogens (tertiary/aromatic N) is 1.